The third kappa shape index (κ3) is 2.72. The SMILES string of the molecule is Cc1cc(C)cc(CC2(C(=O)O)CCOCC2)c1. The maximum atomic E-state index is 11.6. The van der Waals surface area contributed by atoms with Crippen LogP contribution in [-0.2, 0) is 16.0 Å². The van der Waals surface area contributed by atoms with Gasteiger partial charge >= 0.3 is 5.97 Å². The highest BCUT2D eigenvalue weighted by molar-refractivity contribution is 5.75. The molecular weight excluding hydrogens is 228 g/mol. The summed E-state index contributed by atoms with van der Waals surface area (Å²) in [5, 5.41) is 9.53. The summed E-state index contributed by atoms with van der Waals surface area (Å²) in [5.41, 5.74) is 2.87. The number of carboxylic acid groups (broad SMARTS) is 1. The van der Waals surface area contributed by atoms with E-state index in [1.807, 2.05) is 13.8 Å². The second-order valence-electron chi connectivity index (χ2n) is 5.37. The Kier molecular flexibility index (Phi) is 3.71. The topological polar surface area (TPSA) is 46.5 Å². The lowest BCUT2D eigenvalue weighted by molar-refractivity contribution is -0.154. The number of aryl methyl sites for hydroxylation is 2. The van der Waals surface area contributed by atoms with Crippen LogP contribution in [0.1, 0.15) is 29.5 Å². The Morgan fingerprint density at radius 3 is 2.28 bits per heavy atom. The number of carboxylic acids is 1. The Balaban J connectivity index is 2.25. The minimum absolute atomic E-state index is 0.553. The summed E-state index contributed by atoms with van der Waals surface area (Å²) in [6.45, 7) is 5.20. The van der Waals surface area contributed by atoms with Crippen LogP contribution < -0.4 is 0 Å². The highest BCUT2D eigenvalue weighted by atomic mass is 16.5. The van der Waals surface area contributed by atoms with Crippen LogP contribution in [0.3, 0.4) is 0 Å². The Morgan fingerprint density at radius 1 is 1.22 bits per heavy atom. The molecule has 1 fully saturated rings. The molecule has 0 radical (unpaired) electrons. The smallest absolute Gasteiger partial charge is 0.310 e. The predicted molar refractivity (Wildman–Crippen MR) is 69.7 cm³/mol. The third-order valence-electron chi connectivity index (χ3n) is 3.73. The summed E-state index contributed by atoms with van der Waals surface area (Å²) < 4.78 is 5.30. The second kappa shape index (κ2) is 5.11. The number of carbonyl (C=O) groups is 1. The molecule has 1 aliphatic heterocycles. The van der Waals surface area contributed by atoms with Gasteiger partial charge in [0, 0.05) is 13.2 Å². The molecule has 0 spiro atoms. The number of hydrogen-bond acceptors (Lipinski definition) is 2. The zero-order valence-corrected chi connectivity index (χ0v) is 11.0. The molecule has 1 aliphatic rings. The van der Waals surface area contributed by atoms with Crippen molar-refractivity contribution in [3.05, 3.63) is 34.9 Å². The molecule has 1 aromatic rings. The molecule has 0 bridgehead atoms. The van der Waals surface area contributed by atoms with Gasteiger partial charge in [0.2, 0.25) is 0 Å². The molecule has 0 amide bonds. The van der Waals surface area contributed by atoms with Crippen LogP contribution >= 0.6 is 0 Å². The summed E-state index contributed by atoms with van der Waals surface area (Å²) in [6, 6.07) is 6.29. The zero-order valence-electron chi connectivity index (χ0n) is 11.0. The van der Waals surface area contributed by atoms with E-state index < -0.39 is 11.4 Å². The van der Waals surface area contributed by atoms with Crippen molar-refractivity contribution in [2.24, 2.45) is 5.41 Å². The van der Waals surface area contributed by atoms with E-state index >= 15 is 0 Å². The Hall–Kier alpha value is -1.35. The van der Waals surface area contributed by atoms with Crippen molar-refractivity contribution >= 4 is 5.97 Å². The first-order valence-corrected chi connectivity index (χ1v) is 6.40. The number of aliphatic carboxylic acids is 1. The average molecular weight is 248 g/mol. The van der Waals surface area contributed by atoms with Crippen molar-refractivity contribution < 1.29 is 14.6 Å². The summed E-state index contributed by atoms with van der Waals surface area (Å²) in [6.07, 6.45) is 1.82. The Morgan fingerprint density at radius 2 is 1.78 bits per heavy atom. The van der Waals surface area contributed by atoms with E-state index in [-0.39, 0.29) is 0 Å². The van der Waals surface area contributed by atoms with Crippen molar-refractivity contribution in [3.63, 3.8) is 0 Å². The first kappa shape index (κ1) is 13.1. The molecule has 0 unspecified atom stereocenters. The van der Waals surface area contributed by atoms with Gasteiger partial charge in [-0.25, -0.2) is 0 Å². The van der Waals surface area contributed by atoms with E-state index in [4.69, 9.17) is 4.74 Å². The molecule has 3 nitrogen and oxygen atoms in total. The number of benzene rings is 1. The van der Waals surface area contributed by atoms with E-state index in [1.54, 1.807) is 0 Å². The lowest BCUT2D eigenvalue weighted by Crippen LogP contribution is -2.39. The molecule has 2 rings (SSSR count). The zero-order chi connectivity index (χ0) is 13.2. The minimum atomic E-state index is -0.690. The van der Waals surface area contributed by atoms with E-state index in [2.05, 4.69) is 18.2 Å². The molecule has 0 aliphatic carbocycles. The van der Waals surface area contributed by atoms with Gasteiger partial charge in [0.1, 0.15) is 0 Å². The highest BCUT2D eigenvalue weighted by Crippen LogP contribution is 2.35. The third-order valence-corrected chi connectivity index (χ3v) is 3.73. The summed E-state index contributed by atoms with van der Waals surface area (Å²) in [4.78, 5) is 11.6. The van der Waals surface area contributed by atoms with Gasteiger partial charge in [-0.15, -0.1) is 0 Å². The average Bonchev–Trinajstić information content (AvgIpc) is 2.28. The molecule has 0 saturated carbocycles. The second-order valence-corrected chi connectivity index (χ2v) is 5.37. The van der Waals surface area contributed by atoms with Crippen LogP contribution in [0.2, 0.25) is 0 Å². The van der Waals surface area contributed by atoms with E-state index in [9.17, 15) is 9.90 Å². The molecule has 1 N–H and O–H groups in total. The summed E-state index contributed by atoms with van der Waals surface area (Å²) >= 11 is 0. The van der Waals surface area contributed by atoms with E-state index in [0.29, 0.717) is 32.5 Å². The molecule has 1 saturated heterocycles. The number of rotatable bonds is 3. The van der Waals surface area contributed by atoms with Crippen LogP contribution in [0.15, 0.2) is 18.2 Å². The minimum Gasteiger partial charge on any atom is -0.481 e. The van der Waals surface area contributed by atoms with Gasteiger partial charge in [0.25, 0.3) is 0 Å². The van der Waals surface area contributed by atoms with Crippen LogP contribution in [0, 0.1) is 19.3 Å². The summed E-state index contributed by atoms with van der Waals surface area (Å²) in [5.74, 6) is -0.690. The molecule has 1 heterocycles. The maximum absolute atomic E-state index is 11.6. The standard InChI is InChI=1S/C15H20O3/c1-11-7-12(2)9-13(8-11)10-15(14(16)17)3-5-18-6-4-15/h7-9H,3-6,10H2,1-2H3,(H,16,17). The van der Waals surface area contributed by atoms with Gasteiger partial charge < -0.3 is 9.84 Å². The fraction of sp³-hybridized carbons (Fsp3) is 0.533. The monoisotopic (exact) mass is 248 g/mol. The molecule has 98 valence electrons. The van der Waals surface area contributed by atoms with Crippen molar-refractivity contribution in [1.82, 2.24) is 0 Å². The lowest BCUT2D eigenvalue weighted by Gasteiger charge is -2.33. The molecule has 3 heteroatoms. The van der Waals surface area contributed by atoms with Gasteiger partial charge in [-0.05, 0) is 38.7 Å². The van der Waals surface area contributed by atoms with Crippen LogP contribution in [-0.4, -0.2) is 24.3 Å². The van der Waals surface area contributed by atoms with Crippen molar-refractivity contribution in [2.75, 3.05) is 13.2 Å². The summed E-state index contributed by atoms with van der Waals surface area (Å²) in [7, 11) is 0. The first-order chi connectivity index (χ1) is 8.52. The van der Waals surface area contributed by atoms with Crippen LogP contribution in [0.25, 0.3) is 0 Å². The van der Waals surface area contributed by atoms with E-state index in [1.165, 1.54) is 11.1 Å². The van der Waals surface area contributed by atoms with Crippen molar-refractivity contribution in [3.8, 4) is 0 Å². The van der Waals surface area contributed by atoms with E-state index in [0.717, 1.165) is 5.56 Å². The normalized spacial score (nSPS) is 18.6. The molecule has 0 atom stereocenters. The van der Waals surface area contributed by atoms with Gasteiger partial charge in [0.15, 0.2) is 0 Å². The number of ether oxygens (including phenoxy) is 1. The van der Waals surface area contributed by atoms with Gasteiger partial charge in [-0.2, -0.15) is 0 Å². The Bertz CT molecular complexity index is 425. The van der Waals surface area contributed by atoms with Crippen molar-refractivity contribution in [1.29, 1.82) is 0 Å². The maximum Gasteiger partial charge on any atom is 0.310 e. The quantitative estimate of drug-likeness (QED) is 0.894. The lowest BCUT2D eigenvalue weighted by atomic mass is 9.75. The van der Waals surface area contributed by atoms with Crippen LogP contribution in [0.5, 0.6) is 0 Å². The largest absolute Gasteiger partial charge is 0.481 e. The first-order valence-electron chi connectivity index (χ1n) is 6.40. The number of hydrogen-bond donors (Lipinski definition) is 1. The van der Waals surface area contributed by atoms with Gasteiger partial charge in [-0.3, -0.25) is 4.79 Å². The fourth-order valence-electron chi connectivity index (χ4n) is 2.79. The molecule has 18 heavy (non-hydrogen) atoms. The molecule has 1 aromatic carbocycles. The predicted octanol–water partition coefficient (Wildman–Crippen LogP) is 2.73. The van der Waals surface area contributed by atoms with Gasteiger partial charge in [0.05, 0.1) is 5.41 Å². The van der Waals surface area contributed by atoms with Crippen LogP contribution in [0.4, 0.5) is 0 Å². The Labute approximate surface area is 108 Å². The molecule has 0 aromatic heterocycles. The molecular formula is C15H20O3. The van der Waals surface area contributed by atoms with Gasteiger partial charge in [-0.1, -0.05) is 29.3 Å². The van der Waals surface area contributed by atoms with Crippen molar-refractivity contribution in [2.45, 2.75) is 33.1 Å². The highest BCUT2D eigenvalue weighted by Gasteiger charge is 2.40. The fourth-order valence-corrected chi connectivity index (χ4v) is 2.79.